The third kappa shape index (κ3) is 21.8. The Kier molecular flexibility index (Phi) is 29.1. The first-order chi connectivity index (χ1) is 39.0. The van der Waals surface area contributed by atoms with E-state index in [1.165, 1.54) is 16.7 Å². The summed E-state index contributed by atoms with van der Waals surface area (Å²) in [6.07, 6.45) is -8.68. The summed E-state index contributed by atoms with van der Waals surface area (Å²) in [5.41, 5.74) is 7.41. The third-order valence-corrected chi connectivity index (χ3v) is 14.4. The number of aliphatic carboxylic acids is 3. The lowest BCUT2D eigenvalue weighted by molar-refractivity contribution is -0.368. The van der Waals surface area contributed by atoms with Crippen LogP contribution < -0.4 is 64.0 Å². The Hall–Kier alpha value is -6.64. The van der Waals surface area contributed by atoms with E-state index < -0.39 is 188 Å². The first kappa shape index (κ1) is 70.6. The van der Waals surface area contributed by atoms with Gasteiger partial charge < -0.3 is 113 Å². The van der Waals surface area contributed by atoms with Gasteiger partial charge in [0.2, 0.25) is 47.3 Å². The molecule has 0 aromatic heterocycles. The number of carboxylic acids is 3. The van der Waals surface area contributed by atoms with Crippen molar-refractivity contribution >= 4 is 71.1 Å². The molecule has 3 aliphatic heterocycles. The molecule has 3 rings (SSSR count). The fourth-order valence-corrected chi connectivity index (χ4v) is 10.1. The molecule has 83 heavy (non-hydrogen) atoms. The number of rotatable bonds is 34. The molecule has 31 heteroatoms. The monoisotopic (exact) mass is 1180 g/mol. The van der Waals surface area contributed by atoms with E-state index in [2.05, 4.69) is 48.7 Å². The van der Waals surface area contributed by atoms with Crippen LogP contribution in [0.2, 0.25) is 0 Å². The van der Waals surface area contributed by atoms with Gasteiger partial charge in [-0.2, -0.15) is 0 Å². The summed E-state index contributed by atoms with van der Waals surface area (Å²) in [7, 11) is 0. The van der Waals surface area contributed by atoms with E-state index in [-0.39, 0.29) is 63.6 Å². The molecular formula is C52H86N11O20-. The maximum atomic E-state index is 14.7. The molecule has 14 atom stereocenters. The Balaban J connectivity index is 1.87. The smallest absolute Gasteiger partial charge is 0.275 e. The predicted octanol–water partition coefficient (Wildman–Crippen LogP) is -10.2. The highest BCUT2D eigenvalue weighted by molar-refractivity contribution is 5.98. The SMILES string of the molecule is CC(=O)N[C@H]1[C@@H](O[C@H](C)[C@H](NC(=O)C[NH3+])C(=O)N[C@@H](CCCC[NH3+])C(=O)N2CCC[C@H]2C(=O)N2CCC[C@H]2C(=O)N[C@@H](CC(C)C)C(=O)N[C@@H](CCC(=O)[O-])C(=O)N[C@@H](CCC(=O)[O-])C(=O)N[C@@H](CC(C)C)C(=O)[O-])O[C@H](CO)[C@H](O)[C@@H]1O. The number of aliphatic hydroxyl groups is 3. The largest absolute Gasteiger partial charge is 0.550 e. The minimum atomic E-state index is -1.73. The van der Waals surface area contributed by atoms with Crippen LogP contribution in [-0.4, -0.2) is 214 Å². The Bertz CT molecular complexity index is 2280. The van der Waals surface area contributed by atoms with Crippen molar-refractivity contribution in [3.05, 3.63) is 0 Å². The number of carbonyl (C=O) groups is 12. The molecule has 0 aromatic carbocycles. The van der Waals surface area contributed by atoms with Crippen LogP contribution in [0.1, 0.15) is 125 Å². The van der Waals surface area contributed by atoms with Gasteiger partial charge in [-0.25, -0.2) is 0 Å². The van der Waals surface area contributed by atoms with Crippen molar-refractivity contribution in [3.63, 3.8) is 0 Å². The predicted molar refractivity (Wildman–Crippen MR) is 279 cm³/mol. The van der Waals surface area contributed by atoms with E-state index >= 15 is 0 Å². The molecule has 0 radical (unpaired) electrons. The summed E-state index contributed by atoms with van der Waals surface area (Å²) in [6.45, 7) is 8.75. The number of carboxylic acid groups (broad SMARTS) is 3. The summed E-state index contributed by atoms with van der Waals surface area (Å²) in [4.78, 5) is 161. The van der Waals surface area contributed by atoms with Crippen LogP contribution >= 0.6 is 0 Å². The van der Waals surface area contributed by atoms with Crippen LogP contribution in [0.15, 0.2) is 0 Å². The summed E-state index contributed by atoms with van der Waals surface area (Å²) in [5.74, 6) is -13.0. The molecule has 0 aliphatic carbocycles. The lowest BCUT2D eigenvalue weighted by atomic mass is 9.96. The zero-order valence-electron chi connectivity index (χ0n) is 48.1. The quantitative estimate of drug-likeness (QED) is 0.0266. The van der Waals surface area contributed by atoms with Gasteiger partial charge in [-0.05, 0) is 102 Å². The zero-order chi connectivity index (χ0) is 62.4. The number of quaternary nitrogens is 2. The summed E-state index contributed by atoms with van der Waals surface area (Å²) >= 11 is 0. The van der Waals surface area contributed by atoms with Crippen molar-refractivity contribution in [2.45, 2.75) is 210 Å². The Morgan fingerprint density at radius 1 is 0.639 bits per heavy atom. The van der Waals surface area contributed by atoms with Crippen LogP contribution in [0, 0.1) is 11.8 Å². The lowest BCUT2D eigenvalue weighted by Crippen LogP contribution is -2.67. The fraction of sp³-hybridized carbons (Fsp3) is 0.769. The number of hydrogen-bond donors (Lipinski definition) is 12. The number of nitrogens with one attached hydrogen (secondary N) is 7. The van der Waals surface area contributed by atoms with Gasteiger partial charge in [0.05, 0.1) is 31.3 Å². The van der Waals surface area contributed by atoms with Gasteiger partial charge in [-0.3, -0.25) is 43.2 Å². The van der Waals surface area contributed by atoms with Gasteiger partial charge in [0.1, 0.15) is 66.6 Å². The molecule has 3 aliphatic rings. The molecule has 31 nitrogen and oxygen atoms in total. The average Bonchev–Trinajstić information content (AvgIpc) is 4.26. The van der Waals surface area contributed by atoms with Crippen molar-refractivity contribution < 1.29 is 109 Å². The normalized spacial score (nSPS) is 23.1. The Labute approximate surface area is 480 Å². The summed E-state index contributed by atoms with van der Waals surface area (Å²) in [6, 6.07) is -13.0. The van der Waals surface area contributed by atoms with Crippen LogP contribution in [0.4, 0.5) is 0 Å². The van der Waals surface area contributed by atoms with E-state index in [1.54, 1.807) is 27.7 Å². The third-order valence-electron chi connectivity index (χ3n) is 14.4. The highest BCUT2D eigenvalue weighted by atomic mass is 16.7. The van der Waals surface area contributed by atoms with Gasteiger partial charge in [0.15, 0.2) is 12.8 Å². The highest BCUT2D eigenvalue weighted by Crippen LogP contribution is 2.28. The first-order valence-corrected chi connectivity index (χ1v) is 28.2. The molecule has 3 saturated heterocycles. The molecule has 16 N–H and O–H groups in total. The van der Waals surface area contributed by atoms with Gasteiger partial charge in [0.25, 0.3) is 5.91 Å². The van der Waals surface area contributed by atoms with Crippen molar-refractivity contribution in [3.8, 4) is 0 Å². The van der Waals surface area contributed by atoms with Gasteiger partial charge in [-0.1, -0.05) is 27.7 Å². The van der Waals surface area contributed by atoms with E-state index in [4.69, 9.17) is 9.47 Å². The van der Waals surface area contributed by atoms with Crippen molar-refractivity contribution in [2.24, 2.45) is 11.8 Å². The zero-order valence-corrected chi connectivity index (χ0v) is 48.1. The van der Waals surface area contributed by atoms with Crippen LogP contribution in [-0.2, 0) is 67.0 Å². The van der Waals surface area contributed by atoms with Crippen LogP contribution in [0.3, 0.4) is 0 Å². The molecule has 0 spiro atoms. The second kappa shape index (κ2) is 34.2. The number of unbranched alkanes of at least 4 members (excludes halogenated alkanes) is 1. The van der Waals surface area contributed by atoms with Gasteiger partial charge in [0, 0.05) is 32.0 Å². The highest BCUT2D eigenvalue weighted by Gasteiger charge is 2.48. The minimum Gasteiger partial charge on any atom is -0.550 e. The van der Waals surface area contributed by atoms with E-state index in [1.807, 2.05) is 0 Å². The number of ether oxygens (including phenoxy) is 2. The molecule has 0 saturated carbocycles. The fourth-order valence-electron chi connectivity index (χ4n) is 10.1. The standard InChI is InChI=1S/C52H87N11O20/c1-25(2)21-32(46(75)57-29(14-16-38(67)68)44(73)56-30(15-17-39(69)70)45(74)60-33(51(80)81)22-26(3)4)59-47(76)34-12-9-19-62(34)50(79)35-13-10-20-63(35)49(78)31(11-7-8-18-53)58-48(77)40(61-37(66)23-54)27(5)82-52-41(55-28(6)65)43(72)42(71)36(24-64)83-52/h25-27,29-36,40-43,52,64,71-72H,7-24,53-54H2,1-6H3,(H,55,65)(H,56,73)(H,57,75)(H,58,77)(H,59,76)(H,60,74)(H,61,66)(H,67,68)(H,69,70)(H,80,81)/p-1/t27-,29+,30+,31+,32+,33+,34+,35+,36-,40+,41-,42+,43-,52+/m1/s1. The second-order valence-electron chi connectivity index (χ2n) is 22.0. The summed E-state index contributed by atoms with van der Waals surface area (Å²) in [5, 5.41) is 83.2. The van der Waals surface area contributed by atoms with Gasteiger partial charge >= 0.3 is 0 Å². The lowest BCUT2D eigenvalue weighted by Gasteiger charge is -2.43. The first-order valence-electron chi connectivity index (χ1n) is 28.2. The molecule has 3 fully saturated rings. The molecular weight excluding hydrogens is 1100 g/mol. The molecule has 470 valence electrons. The van der Waals surface area contributed by atoms with Crippen molar-refractivity contribution in [1.82, 2.24) is 47.0 Å². The summed E-state index contributed by atoms with van der Waals surface area (Å²) < 4.78 is 11.7. The van der Waals surface area contributed by atoms with Crippen LogP contribution in [0.5, 0.6) is 0 Å². The van der Waals surface area contributed by atoms with E-state index in [0.29, 0.717) is 32.2 Å². The topological polar surface area (TPSA) is 499 Å². The molecule has 0 unspecified atom stereocenters. The maximum Gasteiger partial charge on any atom is 0.275 e. The number of carbonyl (C=O) groups excluding carboxylic acids is 12. The van der Waals surface area contributed by atoms with E-state index in [0.717, 1.165) is 6.92 Å². The number of nitrogens with zero attached hydrogens (tertiary/aromatic N) is 2. The number of amides is 9. The Morgan fingerprint density at radius 3 is 1.66 bits per heavy atom. The van der Waals surface area contributed by atoms with Gasteiger partial charge in [-0.15, -0.1) is 0 Å². The molecule has 0 bridgehead atoms. The number of hydrogen-bond acceptors (Lipinski definition) is 20. The maximum absolute atomic E-state index is 14.7. The van der Waals surface area contributed by atoms with Crippen molar-refractivity contribution in [2.75, 3.05) is 32.8 Å². The van der Waals surface area contributed by atoms with E-state index in [9.17, 15) is 88.2 Å². The molecule has 0 aromatic rings. The van der Waals surface area contributed by atoms with Crippen LogP contribution in [0.25, 0.3) is 0 Å². The Morgan fingerprint density at radius 2 is 1.16 bits per heavy atom. The minimum absolute atomic E-state index is 0.0486. The molecule has 9 amide bonds. The average molecular weight is 1190 g/mol. The van der Waals surface area contributed by atoms with Crippen molar-refractivity contribution in [1.29, 1.82) is 0 Å². The number of likely N-dealkylation sites (tertiary alicyclic amines) is 2. The molecule has 3 heterocycles. The second-order valence-corrected chi connectivity index (χ2v) is 22.0. The number of aliphatic hydroxyl groups excluding tert-OH is 3.